The quantitative estimate of drug-likeness (QED) is 0.484. The minimum Gasteiger partial charge on any atom is -0.457 e. The van der Waals surface area contributed by atoms with E-state index in [9.17, 15) is 4.79 Å². The second-order valence-electron chi connectivity index (χ2n) is 7.67. The number of carbonyl (C=O) groups is 1. The fourth-order valence-electron chi connectivity index (χ4n) is 3.83. The van der Waals surface area contributed by atoms with Crippen LogP contribution in [0.1, 0.15) is 6.04 Å². The zero-order chi connectivity index (χ0) is 22.1. The molecule has 0 spiro atoms. The summed E-state index contributed by atoms with van der Waals surface area (Å²) in [4.78, 5) is 22.5. The molecule has 1 fully saturated rings. The molecule has 32 heavy (non-hydrogen) atoms. The molecule has 9 nitrogen and oxygen atoms in total. The summed E-state index contributed by atoms with van der Waals surface area (Å²) >= 11 is 0. The minimum absolute atomic E-state index is 0.0436. The first-order chi connectivity index (χ1) is 15.6. The Morgan fingerprint density at radius 3 is 2.53 bits per heavy atom. The van der Waals surface area contributed by atoms with Gasteiger partial charge in [-0.1, -0.05) is 18.2 Å². The lowest BCUT2D eigenvalue weighted by Crippen LogP contribution is -2.53. The number of benzene rings is 2. The van der Waals surface area contributed by atoms with E-state index in [-0.39, 0.29) is 11.9 Å². The number of anilines is 1. The molecule has 2 aromatic carbocycles. The lowest BCUT2D eigenvalue weighted by Gasteiger charge is -2.39. The van der Waals surface area contributed by atoms with E-state index in [0.717, 1.165) is 17.1 Å². The van der Waals surface area contributed by atoms with Gasteiger partial charge in [-0.3, -0.25) is 4.79 Å². The predicted molar refractivity (Wildman–Crippen MR) is 121 cm³/mol. The highest BCUT2D eigenvalue weighted by Gasteiger charge is 2.34. The number of nitrogens with two attached hydrogens (primary N) is 1. The third kappa shape index (κ3) is 3.63. The van der Waals surface area contributed by atoms with E-state index in [1.165, 1.54) is 6.33 Å². The third-order valence-electron chi connectivity index (χ3n) is 5.51. The van der Waals surface area contributed by atoms with Crippen molar-refractivity contribution in [3.8, 4) is 22.8 Å². The van der Waals surface area contributed by atoms with Crippen molar-refractivity contribution in [2.24, 2.45) is 0 Å². The van der Waals surface area contributed by atoms with Crippen molar-refractivity contribution < 1.29 is 9.53 Å². The van der Waals surface area contributed by atoms with Crippen LogP contribution in [-0.4, -0.2) is 57.2 Å². The number of nitrogens with zero attached hydrogens (tertiary/aromatic N) is 5. The maximum atomic E-state index is 12.1. The maximum Gasteiger partial charge on any atom is 0.236 e. The molecule has 3 heterocycles. The second-order valence-corrected chi connectivity index (χ2v) is 7.67. The van der Waals surface area contributed by atoms with Crippen LogP contribution in [0.2, 0.25) is 0 Å². The zero-order valence-electron chi connectivity index (χ0n) is 17.6. The molecule has 1 amide bonds. The van der Waals surface area contributed by atoms with E-state index < -0.39 is 0 Å². The predicted octanol–water partition coefficient (Wildman–Crippen LogP) is 2.47. The molecule has 9 heteroatoms. The van der Waals surface area contributed by atoms with Crippen LogP contribution in [0.25, 0.3) is 22.3 Å². The molecule has 1 aliphatic heterocycles. The topological polar surface area (TPSA) is 111 Å². The van der Waals surface area contributed by atoms with Gasteiger partial charge in [0.1, 0.15) is 29.3 Å². The van der Waals surface area contributed by atoms with Gasteiger partial charge in [0, 0.05) is 18.7 Å². The summed E-state index contributed by atoms with van der Waals surface area (Å²) in [5.74, 6) is 1.95. The Labute approximate surface area is 184 Å². The molecule has 0 aliphatic carbocycles. The first-order valence-electron chi connectivity index (χ1n) is 10.4. The summed E-state index contributed by atoms with van der Waals surface area (Å²) < 4.78 is 7.75. The summed E-state index contributed by atoms with van der Waals surface area (Å²) in [6, 6.07) is 17.3. The van der Waals surface area contributed by atoms with Gasteiger partial charge in [-0.05, 0) is 43.4 Å². The lowest BCUT2D eigenvalue weighted by molar-refractivity contribution is -0.135. The molecule has 5 rings (SSSR count). The monoisotopic (exact) mass is 429 g/mol. The van der Waals surface area contributed by atoms with Crippen molar-refractivity contribution in [1.82, 2.24) is 30.0 Å². The molecule has 0 atom stereocenters. The number of para-hydroxylation sites is 1. The normalized spacial score (nSPS) is 13.8. The Morgan fingerprint density at radius 1 is 1.09 bits per heavy atom. The molecule has 0 saturated carbocycles. The first kappa shape index (κ1) is 20.0. The van der Waals surface area contributed by atoms with Gasteiger partial charge in [0.25, 0.3) is 0 Å². The summed E-state index contributed by atoms with van der Waals surface area (Å²) in [5, 5.41) is 8.44. The SMILES string of the molecule is CNCC(=O)N1CC(n2nc(-c3ccc(Oc4ccccc4)cc3)c3c(N)ncnc32)C1. The summed E-state index contributed by atoms with van der Waals surface area (Å²) in [6.45, 7) is 1.50. The van der Waals surface area contributed by atoms with E-state index in [4.69, 9.17) is 15.6 Å². The largest absolute Gasteiger partial charge is 0.457 e. The van der Waals surface area contributed by atoms with Gasteiger partial charge in [0.15, 0.2) is 5.65 Å². The molecular weight excluding hydrogens is 406 g/mol. The highest BCUT2D eigenvalue weighted by Crippen LogP contribution is 2.34. The molecule has 0 radical (unpaired) electrons. The Bertz CT molecular complexity index is 1250. The van der Waals surface area contributed by atoms with Crippen LogP contribution in [0.15, 0.2) is 60.9 Å². The van der Waals surface area contributed by atoms with Gasteiger partial charge in [-0.25, -0.2) is 14.6 Å². The van der Waals surface area contributed by atoms with Crippen LogP contribution in [0.4, 0.5) is 5.82 Å². The van der Waals surface area contributed by atoms with Crippen LogP contribution in [-0.2, 0) is 4.79 Å². The van der Waals surface area contributed by atoms with E-state index in [1.54, 1.807) is 11.9 Å². The molecule has 1 aliphatic rings. The number of rotatable bonds is 6. The number of carbonyl (C=O) groups excluding carboxylic acids is 1. The molecular formula is C23H23N7O2. The fraction of sp³-hybridized carbons (Fsp3) is 0.217. The number of likely N-dealkylation sites (N-methyl/N-ethyl adjacent to an activating group) is 1. The molecule has 4 aromatic rings. The number of fused-ring (bicyclic) bond motifs is 1. The van der Waals surface area contributed by atoms with Gasteiger partial charge >= 0.3 is 0 Å². The first-order valence-corrected chi connectivity index (χ1v) is 10.4. The van der Waals surface area contributed by atoms with Crippen molar-refractivity contribution in [3.05, 3.63) is 60.9 Å². The Kier molecular flexibility index (Phi) is 5.16. The summed E-state index contributed by atoms with van der Waals surface area (Å²) in [7, 11) is 1.76. The highest BCUT2D eigenvalue weighted by molar-refractivity contribution is 5.98. The molecule has 2 aromatic heterocycles. The van der Waals surface area contributed by atoms with Gasteiger partial charge in [0.2, 0.25) is 5.91 Å². The van der Waals surface area contributed by atoms with Crippen molar-refractivity contribution >= 4 is 22.8 Å². The number of aromatic nitrogens is 4. The summed E-state index contributed by atoms with van der Waals surface area (Å²) in [6.07, 6.45) is 1.44. The van der Waals surface area contributed by atoms with E-state index >= 15 is 0 Å². The minimum atomic E-state index is 0.0436. The zero-order valence-corrected chi connectivity index (χ0v) is 17.6. The van der Waals surface area contributed by atoms with Crippen molar-refractivity contribution in [3.63, 3.8) is 0 Å². The number of nitrogens with one attached hydrogen (secondary N) is 1. The van der Waals surface area contributed by atoms with E-state index in [1.807, 2.05) is 59.3 Å². The molecule has 0 bridgehead atoms. The Hall–Kier alpha value is -3.98. The van der Waals surface area contributed by atoms with Crippen molar-refractivity contribution in [2.75, 3.05) is 32.4 Å². The maximum absolute atomic E-state index is 12.1. The average Bonchev–Trinajstić information content (AvgIpc) is 3.15. The van der Waals surface area contributed by atoms with Crippen LogP contribution < -0.4 is 15.8 Å². The van der Waals surface area contributed by atoms with E-state index in [0.29, 0.717) is 42.2 Å². The lowest BCUT2D eigenvalue weighted by atomic mass is 10.1. The third-order valence-corrected chi connectivity index (χ3v) is 5.51. The van der Waals surface area contributed by atoms with Gasteiger partial charge in [-0.15, -0.1) is 0 Å². The van der Waals surface area contributed by atoms with Crippen LogP contribution in [0.5, 0.6) is 11.5 Å². The molecule has 1 saturated heterocycles. The Balaban J connectivity index is 1.44. The van der Waals surface area contributed by atoms with Gasteiger partial charge in [-0.2, -0.15) is 5.10 Å². The number of amides is 1. The van der Waals surface area contributed by atoms with E-state index in [2.05, 4.69) is 15.3 Å². The van der Waals surface area contributed by atoms with Crippen LogP contribution in [0, 0.1) is 0 Å². The van der Waals surface area contributed by atoms with Crippen molar-refractivity contribution in [1.29, 1.82) is 0 Å². The number of hydrogen-bond acceptors (Lipinski definition) is 7. The molecule has 0 unspecified atom stereocenters. The highest BCUT2D eigenvalue weighted by atomic mass is 16.5. The number of likely N-dealkylation sites (tertiary alicyclic amines) is 1. The molecule has 162 valence electrons. The van der Waals surface area contributed by atoms with Gasteiger partial charge < -0.3 is 20.7 Å². The standard InChI is InChI=1S/C23H23N7O2/c1-25-11-19(31)29-12-16(13-29)30-23-20(22(24)26-14-27-23)21(28-30)15-7-9-18(10-8-15)32-17-5-3-2-4-6-17/h2-10,14,16,25H,11-13H2,1H3,(H2,24,26,27). The number of ether oxygens (including phenoxy) is 1. The smallest absolute Gasteiger partial charge is 0.236 e. The Morgan fingerprint density at radius 2 is 1.81 bits per heavy atom. The second kappa shape index (κ2) is 8.27. The fourth-order valence-corrected chi connectivity index (χ4v) is 3.83. The van der Waals surface area contributed by atoms with Crippen molar-refractivity contribution in [2.45, 2.75) is 6.04 Å². The van der Waals surface area contributed by atoms with Crippen LogP contribution in [0.3, 0.4) is 0 Å². The molecule has 3 N–H and O–H groups in total. The average molecular weight is 429 g/mol. The number of hydrogen-bond donors (Lipinski definition) is 2. The summed E-state index contributed by atoms with van der Waals surface area (Å²) in [5.41, 5.74) is 8.48. The number of nitrogen functional groups attached to an aromatic ring is 1. The van der Waals surface area contributed by atoms with Gasteiger partial charge in [0.05, 0.1) is 18.0 Å². The van der Waals surface area contributed by atoms with Crippen LogP contribution >= 0.6 is 0 Å².